The Hall–Kier alpha value is -1.59. The van der Waals surface area contributed by atoms with E-state index in [2.05, 4.69) is 9.82 Å². The maximum atomic E-state index is 14.1. The van der Waals surface area contributed by atoms with Crippen molar-refractivity contribution in [3.8, 4) is 10.6 Å². The molecular formula is C13H12F4N2O3S. The fraction of sp³-hybridized carbons (Fsp3) is 0.308. The molecule has 1 aromatic carbocycles. The Morgan fingerprint density at radius 3 is 2.61 bits per heavy atom. The third-order valence-corrected chi connectivity index (χ3v) is 4.21. The van der Waals surface area contributed by atoms with Crippen LogP contribution in [0.2, 0.25) is 0 Å². The summed E-state index contributed by atoms with van der Waals surface area (Å²) in [5.41, 5.74) is -1.07. The van der Waals surface area contributed by atoms with Gasteiger partial charge in [-0.3, -0.25) is 15.3 Å². The van der Waals surface area contributed by atoms with Gasteiger partial charge in [0.05, 0.1) is 23.3 Å². The number of nitrogens with zero attached hydrogens (tertiary/aromatic N) is 2. The Morgan fingerprint density at radius 1 is 1.30 bits per heavy atom. The van der Waals surface area contributed by atoms with Crippen LogP contribution in [0.4, 0.5) is 17.6 Å². The van der Waals surface area contributed by atoms with E-state index < -0.39 is 22.9 Å². The number of aryl methyl sites for hydroxylation is 1. The molecule has 1 heterocycles. The second kappa shape index (κ2) is 6.89. The fourth-order valence-corrected chi connectivity index (χ4v) is 2.97. The summed E-state index contributed by atoms with van der Waals surface area (Å²) in [7, 11) is 0. The van der Waals surface area contributed by atoms with Gasteiger partial charge in [0.15, 0.2) is 0 Å². The quantitative estimate of drug-likeness (QED) is 0.632. The van der Waals surface area contributed by atoms with E-state index in [1.807, 2.05) is 0 Å². The highest BCUT2D eigenvalue weighted by Crippen LogP contribution is 2.37. The van der Waals surface area contributed by atoms with Crippen molar-refractivity contribution in [3.05, 3.63) is 40.2 Å². The van der Waals surface area contributed by atoms with Gasteiger partial charge in [0.1, 0.15) is 10.8 Å². The third kappa shape index (κ3) is 4.24. The van der Waals surface area contributed by atoms with E-state index in [9.17, 15) is 17.6 Å². The van der Waals surface area contributed by atoms with Crippen LogP contribution in [0.25, 0.3) is 10.6 Å². The predicted octanol–water partition coefficient (Wildman–Crippen LogP) is 3.83. The third-order valence-electron chi connectivity index (χ3n) is 2.96. The van der Waals surface area contributed by atoms with Gasteiger partial charge in [-0.25, -0.2) is 9.37 Å². The summed E-state index contributed by atoms with van der Waals surface area (Å²) in [5.74, 6) is -1.37. The molecule has 0 spiro atoms. The zero-order valence-electron chi connectivity index (χ0n) is 11.8. The summed E-state index contributed by atoms with van der Waals surface area (Å²) in [6.07, 6.45) is -4.55. The monoisotopic (exact) mass is 352 g/mol. The minimum Gasteiger partial charge on any atom is -0.266 e. The van der Waals surface area contributed by atoms with Crippen LogP contribution in [-0.4, -0.2) is 27.4 Å². The lowest BCUT2D eigenvalue weighted by Crippen LogP contribution is -2.16. The highest BCUT2D eigenvalue weighted by molar-refractivity contribution is 7.15. The molecule has 0 fully saturated rings. The molecule has 126 valence electrons. The average molecular weight is 352 g/mol. The van der Waals surface area contributed by atoms with Crippen LogP contribution < -0.4 is 0 Å². The Labute approximate surface area is 132 Å². The number of hydrogen-bond donors (Lipinski definition) is 2. The zero-order valence-corrected chi connectivity index (χ0v) is 12.6. The lowest BCUT2D eigenvalue weighted by atomic mass is 10.1. The van der Waals surface area contributed by atoms with E-state index in [0.717, 1.165) is 17.4 Å². The van der Waals surface area contributed by atoms with Gasteiger partial charge in [-0.1, -0.05) is 6.07 Å². The van der Waals surface area contributed by atoms with E-state index in [4.69, 9.17) is 10.4 Å². The number of thiazole rings is 1. The molecule has 0 saturated heterocycles. The van der Waals surface area contributed by atoms with E-state index in [-0.39, 0.29) is 23.6 Å². The number of benzene rings is 1. The summed E-state index contributed by atoms with van der Waals surface area (Å²) >= 11 is 1.02. The molecule has 0 bridgehead atoms. The summed E-state index contributed by atoms with van der Waals surface area (Å²) in [6, 6.07) is 3.02. The molecule has 0 aliphatic heterocycles. The van der Waals surface area contributed by atoms with Crippen molar-refractivity contribution >= 4 is 11.3 Å². The molecule has 23 heavy (non-hydrogen) atoms. The van der Waals surface area contributed by atoms with E-state index in [0.29, 0.717) is 16.6 Å². The van der Waals surface area contributed by atoms with Crippen LogP contribution in [0.1, 0.15) is 16.1 Å². The van der Waals surface area contributed by atoms with Crippen LogP contribution in [0.15, 0.2) is 18.2 Å². The van der Waals surface area contributed by atoms with Crippen molar-refractivity contribution in [1.29, 1.82) is 0 Å². The van der Waals surface area contributed by atoms with E-state index in [1.54, 1.807) is 6.92 Å². The Bertz CT molecular complexity index is 688. The number of halogens is 4. The van der Waals surface area contributed by atoms with Gasteiger partial charge in [0, 0.05) is 16.9 Å². The molecular weight excluding hydrogens is 340 g/mol. The molecule has 2 rings (SSSR count). The van der Waals surface area contributed by atoms with Gasteiger partial charge in [-0.15, -0.1) is 11.3 Å². The molecule has 0 unspecified atom stereocenters. The second-order valence-corrected chi connectivity index (χ2v) is 5.61. The normalized spacial score (nSPS) is 12.2. The van der Waals surface area contributed by atoms with Crippen LogP contribution in [0, 0.1) is 12.7 Å². The topological polar surface area (TPSA) is 65.8 Å². The molecule has 2 aromatic rings. The van der Waals surface area contributed by atoms with Crippen molar-refractivity contribution in [3.63, 3.8) is 0 Å². The Balaban J connectivity index is 2.30. The van der Waals surface area contributed by atoms with Crippen LogP contribution in [0.3, 0.4) is 0 Å². The first-order valence-electron chi connectivity index (χ1n) is 6.33. The summed E-state index contributed by atoms with van der Waals surface area (Å²) in [6.45, 7) is 1.54. The van der Waals surface area contributed by atoms with Crippen LogP contribution in [-0.2, 0) is 17.4 Å². The van der Waals surface area contributed by atoms with Gasteiger partial charge in [-0.05, 0) is 19.1 Å². The van der Waals surface area contributed by atoms with Crippen molar-refractivity contribution in [1.82, 2.24) is 10.4 Å². The largest absolute Gasteiger partial charge is 0.419 e. The lowest BCUT2D eigenvalue weighted by molar-refractivity contribution is -0.492. The van der Waals surface area contributed by atoms with Gasteiger partial charge < -0.3 is 0 Å². The molecule has 10 heteroatoms. The molecule has 5 nitrogen and oxygen atoms in total. The summed E-state index contributed by atoms with van der Waals surface area (Å²) in [4.78, 5) is 9.12. The van der Waals surface area contributed by atoms with Gasteiger partial charge in [-0.2, -0.15) is 13.2 Å². The smallest absolute Gasteiger partial charge is 0.266 e. The summed E-state index contributed by atoms with van der Waals surface area (Å²) in [5, 5.41) is 16.5. The molecule has 0 atom stereocenters. The number of hydrogen-bond acceptors (Lipinski definition) is 6. The first kappa shape index (κ1) is 17.8. The van der Waals surface area contributed by atoms with Crippen molar-refractivity contribution < 1.29 is 32.8 Å². The fourth-order valence-electron chi connectivity index (χ4n) is 1.91. The first-order chi connectivity index (χ1) is 10.7. The number of rotatable bonds is 5. The highest BCUT2D eigenvalue weighted by Gasteiger charge is 2.35. The van der Waals surface area contributed by atoms with Gasteiger partial charge >= 0.3 is 6.18 Å². The molecule has 2 N–H and O–H groups in total. The maximum Gasteiger partial charge on any atom is 0.419 e. The van der Waals surface area contributed by atoms with Gasteiger partial charge in [0.25, 0.3) is 0 Å². The van der Waals surface area contributed by atoms with Crippen LogP contribution in [0.5, 0.6) is 0 Å². The first-order valence-corrected chi connectivity index (χ1v) is 7.15. The zero-order chi connectivity index (χ0) is 17.2. The Kier molecular flexibility index (Phi) is 5.32. The van der Waals surface area contributed by atoms with Gasteiger partial charge in [0.2, 0.25) is 0 Å². The summed E-state index contributed by atoms with van der Waals surface area (Å²) < 4.78 is 52.3. The number of aromatic nitrogens is 1. The van der Waals surface area contributed by atoms with Crippen molar-refractivity contribution in [2.75, 3.05) is 6.61 Å². The minimum atomic E-state index is -4.78. The molecule has 0 radical (unpaired) electrons. The standard InChI is InChI=1S/C13H12F4N2O3S/c1-7-10(5-6-22-19(20)21)23-12(18-7)8-3-2-4-9(11(8)14)13(15,16)17/h2-4,20-21H,5-6H2,1H3. The Morgan fingerprint density at radius 2 is 2.00 bits per heavy atom. The lowest BCUT2D eigenvalue weighted by Gasteiger charge is -2.09. The van der Waals surface area contributed by atoms with E-state index in [1.165, 1.54) is 6.07 Å². The molecule has 1 aromatic heterocycles. The SMILES string of the molecule is Cc1nc(-c2cccc(C(F)(F)F)c2F)sc1CCON(O)O. The predicted molar refractivity (Wildman–Crippen MR) is 72.3 cm³/mol. The number of alkyl halides is 3. The van der Waals surface area contributed by atoms with Crippen LogP contribution >= 0.6 is 11.3 Å². The van der Waals surface area contributed by atoms with Crippen molar-refractivity contribution in [2.45, 2.75) is 19.5 Å². The average Bonchev–Trinajstić information content (AvgIpc) is 2.78. The van der Waals surface area contributed by atoms with E-state index >= 15 is 0 Å². The minimum absolute atomic E-state index is 0.0828. The highest BCUT2D eigenvalue weighted by atomic mass is 32.1. The molecule has 0 aliphatic carbocycles. The second-order valence-electron chi connectivity index (χ2n) is 4.53. The molecule has 0 amide bonds. The molecule has 0 saturated carbocycles. The van der Waals surface area contributed by atoms with Crippen molar-refractivity contribution in [2.24, 2.45) is 0 Å². The maximum absolute atomic E-state index is 14.1. The molecule has 0 aliphatic rings.